The first-order chi connectivity index (χ1) is 6.26. The summed E-state index contributed by atoms with van der Waals surface area (Å²) in [5.41, 5.74) is 0. The fraction of sp³-hybridized carbons (Fsp3) is 0.667. The summed E-state index contributed by atoms with van der Waals surface area (Å²) >= 11 is 0. The van der Waals surface area contributed by atoms with E-state index < -0.39 is 5.97 Å². The van der Waals surface area contributed by atoms with Gasteiger partial charge in [0.15, 0.2) is 0 Å². The first-order valence-electron chi connectivity index (χ1n) is 4.25. The summed E-state index contributed by atoms with van der Waals surface area (Å²) in [5.74, 6) is -0.229. The predicted molar refractivity (Wildman–Crippen MR) is 48.2 cm³/mol. The minimum atomic E-state index is -0.443. The van der Waals surface area contributed by atoms with Crippen LogP contribution in [0.25, 0.3) is 0 Å². The fourth-order valence-electron chi connectivity index (χ4n) is 0.718. The van der Waals surface area contributed by atoms with E-state index in [9.17, 15) is 4.79 Å². The quantitative estimate of drug-likeness (QED) is 0.356. The Morgan fingerprint density at radius 1 is 1.23 bits per heavy atom. The van der Waals surface area contributed by atoms with Gasteiger partial charge in [0.25, 0.3) is 0 Å². The summed E-state index contributed by atoms with van der Waals surface area (Å²) in [6.07, 6.45) is 1.56. The van der Waals surface area contributed by atoms with Crippen LogP contribution in [0.4, 0.5) is 0 Å². The molecule has 0 aliphatic heterocycles. The van der Waals surface area contributed by atoms with Crippen molar-refractivity contribution in [2.24, 2.45) is 0 Å². The molecule has 0 aromatic heterocycles. The highest BCUT2D eigenvalue weighted by molar-refractivity contribution is 5.86. The molecule has 0 bridgehead atoms. The standard InChI is InChI=1S/C9H16O4/c1-4-12-8(6-7-11-3)9(10)13-5-2/h6H,4-5,7H2,1-3H3. The third kappa shape index (κ3) is 5.25. The van der Waals surface area contributed by atoms with Crippen molar-refractivity contribution in [3.63, 3.8) is 0 Å². The van der Waals surface area contributed by atoms with Crippen molar-refractivity contribution in [3.8, 4) is 0 Å². The monoisotopic (exact) mass is 188 g/mol. The van der Waals surface area contributed by atoms with Gasteiger partial charge >= 0.3 is 5.97 Å². The van der Waals surface area contributed by atoms with Gasteiger partial charge in [-0.3, -0.25) is 0 Å². The molecular formula is C9H16O4. The van der Waals surface area contributed by atoms with Crippen molar-refractivity contribution in [1.82, 2.24) is 0 Å². The third-order valence-corrected chi connectivity index (χ3v) is 1.21. The number of rotatable bonds is 6. The largest absolute Gasteiger partial charge is 0.487 e. The zero-order chi connectivity index (χ0) is 10.1. The van der Waals surface area contributed by atoms with Crippen LogP contribution in [0.1, 0.15) is 13.8 Å². The van der Waals surface area contributed by atoms with Crippen LogP contribution in [0.5, 0.6) is 0 Å². The van der Waals surface area contributed by atoms with E-state index in [0.29, 0.717) is 19.8 Å². The molecule has 13 heavy (non-hydrogen) atoms. The van der Waals surface area contributed by atoms with Crippen LogP contribution in [-0.4, -0.2) is 32.9 Å². The van der Waals surface area contributed by atoms with Crippen LogP contribution < -0.4 is 0 Å². The van der Waals surface area contributed by atoms with Gasteiger partial charge in [0.1, 0.15) is 0 Å². The van der Waals surface area contributed by atoms with Crippen molar-refractivity contribution in [2.45, 2.75) is 13.8 Å². The minimum absolute atomic E-state index is 0.214. The van der Waals surface area contributed by atoms with Gasteiger partial charge in [-0.25, -0.2) is 4.79 Å². The lowest BCUT2D eigenvalue weighted by Crippen LogP contribution is -2.11. The van der Waals surface area contributed by atoms with Gasteiger partial charge in [-0.05, 0) is 19.9 Å². The highest BCUT2D eigenvalue weighted by Gasteiger charge is 2.10. The number of esters is 1. The van der Waals surface area contributed by atoms with Crippen molar-refractivity contribution < 1.29 is 19.0 Å². The molecule has 0 amide bonds. The van der Waals surface area contributed by atoms with Crippen LogP contribution in [0.15, 0.2) is 11.8 Å². The molecule has 0 spiro atoms. The zero-order valence-corrected chi connectivity index (χ0v) is 8.33. The number of methoxy groups -OCH3 is 1. The lowest BCUT2D eigenvalue weighted by atomic mass is 10.4. The molecule has 0 fully saturated rings. The molecule has 0 saturated heterocycles. The Balaban J connectivity index is 4.13. The van der Waals surface area contributed by atoms with E-state index in [1.165, 1.54) is 0 Å². The van der Waals surface area contributed by atoms with Crippen LogP contribution in [-0.2, 0) is 19.0 Å². The molecule has 4 heteroatoms. The lowest BCUT2D eigenvalue weighted by Gasteiger charge is -2.06. The molecule has 0 unspecified atom stereocenters. The Bertz CT molecular complexity index is 174. The SMILES string of the molecule is CCOC(=O)C(=CCOC)OCC. The van der Waals surface area contributed by atoms with Gasteiger partial charge in [-0.1, -0.05) is 0 Å². The second-order valence-electron chi connectivity index (χ2n) is 2.18. The average Bonchev–Trinajstić information content (AvgIpc) is 2.12. The van der Waals surface area contributed by atoms with Crippen LogP contribution in [0.3, 0.4) is 0 Å². The van der Waals surface area contributed by atoms with Gasteiger partial charge < -0.3 is 14.2 Å². The molecule has 76 valence electrons. The summed E-state index contributed by atoms with van der Waals surface area (Å²) in [5, 5.41) is 0. The Morgan fingerprint density at radius 3 is 2.31 bits per heavy atom. The number of carbonyl (C=O) groups is 1. The van der Waals surface area contributed by atoms with Gasteiger partial charge in [-0.15, -0.1) is 0 Å². The first kappa shape index (κ1) is 12.0. The van der Waals surface area contributed by atoms with E-state index in [1.54, 1.807) is 27.0 Å². The Labute approximate surface area is 78.5 Å². The second kappa shape index (κ2) is 7.61. The third-order valence-electron chi connectivity index (χ3n) is 1.21. The van der Waals surface area contributed by atoms with E-state index in [2.05, 4.69) is 0 Å². The van der Waals surface area contributed by atoms with Gasteiger partial charge in [0, 0.05) is 7.11 Å². The molecule has 0 atom stereocenters. The number of hydrogen-bond acceptors (Lipinski definition) is 4. The second-order valence-corrected chi connectivity index (χ2v) is 2.18. The van der Waals surface area contributed by atoms with E-state index >= 15 is 0 Å². The normalized spacial score (nSPS) is 11.2. The maximum atomic E-state index is 11.2. The minimum Gasteiger partial charge on any atom is -0.487 e. The molecule has 0 radical (unpaired) electrons. The van der Waals surface area contributed by atoms with Gasteiger partial charge in [0.2, 0.25) is 5.76 Å². The summed E-state index contributed by atoms with van der Waals surface area (Å²) in [6.45, 7) is 4.68. The molecule has 0 aliphatic carbocycles. The lowest BCUT2D eigenvalue weighted by molar-refractivity contribution is -0.142. The number of carbonyl (C=O) groups excluding carboxylic acids is 1. The van der Waals surface area contributed by atoms with Crippen molar-refractivity contribution in [3.05, 3.63) is 11.8 Å². The van der Waals surface area contributed by atoms with E-state index in [0.717, 1.165) is 0 Å². The molecule has 0 aromatic carbocycles. The summed E-state index contributed by atoms with van der Waals surface area (Å²) in [6, 6.07) is 0. The highest BCUT2D eigenvalue weighted by Crippen LogP contribution is 2.00. The van der Waals surface area contributed by atoms with Crippen LogP contribution in [0, 0.1) is 0 Å². The van der Waals surface area contributed by atoms with Gasteiger partial charge in [-0.2, -0.15) is 0 Å². The molecule has 4 nitrogen and oxygen atoms in total. The van der Waals surface area contributed by atoms with Crippen molar-refractivity contribution >= 4 is 5.97 Å². The predicted octanol–water partition coefficient (Wildman–Crippen LogP) is 1.12. The molecule has 0 aromatic rings. The average molecular weight is 188 g/mol. The van der Waals surface area contributed by atoms with Crippen LogP contribution >= 0.6 is 0 Å². The summed E-state index contributed by atoms with van der Waals surface area (Å²) in [7, 11) is 1.55. The zero-order valence-electron chi connectivity index (χ0n) is 8.33. The molecule has 0 rings (SSSR count). The van der Waals surface area contributed by atoms with Crippen molar-refractivity contribution in [2.75, 3.05) is 26.9 Å². The Morgan fingerprint density at radius 2 is 1.85 bits per heavy atom. The van der Waals surface area contributed by atoms with Crippen molar-refractivity contribution in [1.29, 1.82) is 0 Å². The number of hydrogen-bond donors (Lipinski definition) is 0. The molecule has 0 saturated carbocycles. The summed E-state index contributed by atoms with van der Waals surface area (Å²) in [4.78, 5) is 11.2. The fourth-order valence-corrected chi connectivity index (χ4v) is 0.718. The van der Waals surface area contributed by atoms with Gasteiger partial charge in [0.05, 0.1) is 19.8 Å². The molecule has 0 aliphatic rings. The molecular weight excluding hydrogens is 172 g/mol. The Kier molecular flexibility index (Phi) is 7.01. The smallest absolute Gasteiger partial charge is 0.373 e. The Hall–Kier alpha value is -1.03. The molecule has 0 heterocycles. The van der Waals surface area contributed by atoms with E-state index in [-0.39, 0.29) is 5.76 Å². The summed E-state index contributed by atoms with van der Waals surface area (Å²) < 4.78 is 14.6. The first-order valence-corrected chi connectivity index (χ1v) is 4.25. The topological polar surface area (TPSA) is 44.8 Å². The number of ether oxygens (including phenoxy) is 3. The highest BCUT2D eigenvalue weighted by atomic mass is 16.6. The van der Waals surface area contributed by atoms with E-state index in [1.807, 2.05) is 0 Å². The maximum Gasteiger partial charge on any atom is 0.373 e. The molecule has 0 N–H and O–H groups in total. The maximum absolute atomic E-state index is 11.2. The van der Waals surface area contributed by atoms with E-state index in [4.69, 9.17) is 14.2 Å². The van der Waals surface area contributed by atoms with Crippen LogP contribution in [0.2, 0.25) is 0 Å².